The molecule has 3 atom stereocenters. The molecular formula is C10H16N6O2. The number of ether oxygens (including phenoxy) is 2. The van der Waals surface area contributed by atoms with Crippen molar-refractivity contribution >= 4 is 11.9 Å². The first-order valence-corrected chi connectivity index (χ1v) is 5.97. The molecule has 8 nitrogen and oxygen atoms in total. The molecule has 0 spiro atoms. The summed E-state index contributed by atoms with van der Waals surface area (Å²) in [4.78, 5) is 12.2. The molecule has 0 radical (unpaired) electrons. The van der Waals surface area contributed by atoms with Gasteiger partial charge in [-0.2, -0.15) is 15.0 Å². The fourth-order valence-electron chi connectivity index (χ4n) is 2.53. The molecule has 1 aromatic heterocycles. The van der Waals surface area contributed by atoms with Gasteiger partial charge in [0, 0.05) is 0 Å². The van der Waals surface area contributed by atoms with Gasteiger partial charge in [-0.1, -0.05) is 0 Å². The fraction of sp³-hybridized carbons (Fsp3) is 0.700. The van der Waals surface area contributed by atoms with Crippen LogP contribution in [-0.2, 0) is 4.74 Å². The third-order valence-electron chi connectivity index (χ3n) is 3.35. The van der Waals surface area contributed by atoms with Crippen molar-refractivity contribution in [2.24, 2.45) is 5.84 Å². The molecule has 0 aliphatic carbocycles. The van der Waals surface area contributed by atoms with Crippen LogP contribution in [0.25, 0.3) is 0 Å². The first-order valence-electron chi connectivity index (χ1n) is 5.97. The summed E-state index contributed by atoms with van der Waals surface area (Å²) < 4.78 is 10.8. The van der Waals surface area contributed by atoms with Crippen molar-refractivity contribution in [3.05, 3.63) is 0 Å². The number of hydrogen-bond donors (Lipinski definition) is 3. The number of anilines is 2. The Labute approximate surface area is 104 Å². The van der Waals surface area contributed by atoms with Crippen LogP contribution >= 0.6 is 0 Å². The molecule has 0 aromatic carbocycles. The van der Waals surface area contributed by atoms with Crippen LogP contribution in [0.1, 0.15) is 19.3 Å². The van der Waals surface area contributed by atoms with E-state index in [1.807, 2.05) is 0 Å². The third kappa shape index (κ3) is 2.04. The predicted octanol–water partition coefficient (Wildman–Crippen LogP) is -0.102. The van der Waals surface area contributed by atoms with Gasteiger partial charge in [-0.25, -0.2) is 5.84 Å². The van der Waals surface area contributed by atoms with Crippen molar-refractivity contribution in [3.8, 4) is 6.01 Å². The van der Waals surface area contributed by atoms with Gasteiger partial charge in [-0.15, -0.1) is 0 Å². The molecular weight excluding hydrogens is 236 g/mol. The van der Waals surface area contributed by atoms with Crippen LogP contribution in [0, 0.1) is 0 Å². The zero-order chi connectivity index (χ0) is 12.5. The Morgan fingerprint density at radius 1 is 1.28 bits per heavy atom. The van der Waals surface area contributed by atoms with Gasteiger partial charge in [-0.05, 0) is 19.3 Å². The maximum atomic E-state index is 5.76. The molecule has 8 heteroatoms. The second-order valence-electron chi connectivity index (χ2n) is 4.47. The first kappa shape index (κ1) is 11.4. The highest BCUT2D eigenvalue weighted by atomic mass is 16.5. The van der Waals surface area contributed by atoms with E-state index < -0.39 is 0 Å². The molecule has 2 fully saturated rings. The summed E-state index contributed by atoms with van der Waals surface area (Å²) in [5.74, 6) is 6.03. The molecule has 0 amide bonds. The molecule has 18 heavy (non-hydrogen) atoms. The first-order chi connectivity index (χ1) is 8.78. The standard InChI is InChI=1S/C10H16N6O2/c1-17-10-14-8(13-9(15-10)16-11)12-6-4-5-2-3-7(6)18-5/h5-7H,2-4,11H2,1H3,(H2,12,13,14,15,16). The van der Waals surface area contributed by atoms with Gasteiger partial charge >= 0.3 is 6.01 Å². The molecule has 1 aromatic rings. The highest BCUT2D eigenvalue weighted by Crippen LogP contribution is 2.35. The van der Waals surface area contributed by atoms with Gasteiger partial charge in [-0.3, -0.25) is 5.43 Å². The van der Waals surface area contributed by atoms with Crippen LogP contribution in [0.15, 0.2) is 0 Å². The quantitative estimate of drug-likeness (QED) is 0.503. The number of hydrogen-bond acceptors (Lipinski definition) is 8. The third-order valence-corrected chi connectivity index (χ3v) is 3.35. The molecule has 3 heterocycles. The van der Waals surface area contributed by atoms with E-state index in [0.717, 1.165) is 19.3 Å². The summed E-state index contributed by atoms with van der Waals surface area (Å²) in [7, 11) is 1.50. The van der Waals surface area contributed by atoms with Crippen LogP contribution in [0.5, 0.6) is 6.01 Å². The molecule has 3 unspecified atom stereocenters. The lowest BCUT2D eigenvalue weighted by Gasteiger charge is -2.20. The Hall–Kier alpha value is -1.67. The molecule has 98 valence electrons. The number of methoxy groups -OCH3 is 1. The number of nitrogens with two attached hydrogens (primary N) is 1. The van der Waals surface area contributed by atoms with Crippen molar-refractivity contribution in [2.75, 3.05) is 17.9 Å². The van der Waals surface area contributed by atoms with Crippen LogP contribution in [0.4, 0.5) is 11.9 Å². The van der Waals surface area contributed by atoms with Crippen LogP contribution < -0.4 is 21.3 Å². The Kier molecular flexibility index (Phi) is 2.88. The lowest BCUT2D eigenvalue weighted by molar-refractivity contribution is 0.102. The average Bonchev–Trinajstić information content (AvgIpc) is 3.00. The van der Waals surface area contributed by atoms with E-state index in [-0.39, 0.29) is 24.1 Å². The van der Waals surface area contributed by atoms with Crippen molar-refractivity contribution in [2.45, 2.75) is 37.5 Å². The monoisotopic (exact) mass is 252 g/mol. The Morgan fingerprint density at radius 2 is 2.11 bits per heavy atom. The number of nitrogens with one attached hydrogen (secondary N) is 2. The number of nitrogens with zero attached hydrogens (tertiary/aromatic N) is 3. The minimum absolute atomic E-state index is 0.226. The van der Waals surface area contributed by atoms with Gasteiger partial charge in [0.2, 0.25) is 11.9 Å². The summed E-state index contributed by atoms with van der Waals surface area (Å²) in [6.07, 6.45) is 3.87. The summed E-state index contributed by atoms with van der Waals surface area (Å²) in [5.41, 5.74) is 2.39. The highest BCUT2D eigenvalue weighted by Gasteiger charge is 2.41. The van der Waals surface area contributed by atoms with E-state index in [0.29, 0.717) is 12.1 Å². The van der Waals surface area contributed by atoms with Crippen molar-refractivity contribution in [3.63, 3.8) is 0 Å². The number of nitrogen functional groups attached to an aromatic ring is 1. The fourth-order valence-corrected chi connectivity index (χ4v) is 2.53. The van der Waals surface area contributed by atoms with Crippen molar-refractivity contribution in [1.29, 1.82) is 0 Å². The van der Waals surface area contributed by atoms with E-state index in [9.17, 15) is 0 Å². The number of fused-ring (bicyclic) bond motifs is 2. The van der Waals surface area contributed by atoms with Crippen LogP contribution in [0.2, 0.25) is 0 Å². The Balaban J connectivity index is 1.75. The molecule has 2 saturated heterocycles. The smallest absolute Gasteiger partial charge is 0.322 e. The van der Waals surface area contributed by atoms with E-state index >= 15 is 0 Å². The molecule has 0 saturated carbocycles. The maximum absolute atomic E-state index is 5.76. The SMILES string of the molecule is COc1nc(NN)nc(NC2CC3CCC2O3)n1. The zero-order valence-electron chi connectivity index (χ0n) is 10.1. The Morgan fingerprint density at radius 3 is 2.72 bits per heavy atom. The summed E-state index contributed by atoms with van der Waals surface area (Å²) >= 11 is 0. The predicted molar refractivity (Wildman–Crippen MR) is 64.1 cm³/mol. The largest absolute Gasteiger partial charge is 0.467 e. The number of aromatic nitrogens is 3. The van der Waals surface area contributed by atoms with E-state index in [1.165, 1.54) is 7.11 Å². The lowest BCUT2D eigenvalue weighted by Crippen LogP contribution is -2.31. The van der Waals surface area contributed by atoms with Crippen molar-refractivity contribution < 1.29 is 9.47 Å². The second kappa shape index (κ2) is 4.54. The Bertz CT molecular complexity index is 420. The summed E-state index contributed by atoms with van der Waals surface area (Å²) in [5, 5.41) is 3.26. The summed E-state index contributed by atoms with van der Waals surface area (Å²) in [6.45, 7) is 0. The minimum Gasteiger partial charge on any atom is -0.467 e. The molecule has 4 N–H and O–H groups in total. The maximum Gasteiger partial charge on any atom is 0.322 e. The van der Waals surface area contributed by atoms with Gasteiger partial charge < -0.3 is 14.8 Å². The van der Waals surface area contributed by atoms with Gasteiger partial charge in [0.05, 0.1) is 25.4 Å². The van der Waals surface area contributed by atoms with Gasteiger partial charge in [0.25, 0.3) is 0 Å². The molecule has 3 rings (SSSR count). The van der Waals surface area contributed by atoms with Crippen molar-refractivity contribution in [1.82, 2.24) is 15.0 Å². The van der Waals surface area contributed by atoms with Crippen LogP contribution in [0.3, 0.4) is 0 Å². The second-order valence-corrected chi connectivity index (χ2v) is 4.47. The average molecular weight is 252 g/mol. The van der Waals surface area contributed by atoms with Gasteiger partial charge in [0.1, 0.15) is 0 Å². The minimum atomic E-state index is 0.226. The topological polar surface area (TPSA) is 107 Å². The number of hydrazine groups is 1. The number of rotatable bonds is 4. The van der Waals surface area contributed by atoms with Gasteiger partial charge in [0.15, 0.2) is 0 Å². The zero-order valence-corrected chi connectivity index (χ0v) is 10.1. The molecule has 2 bridgehead atoms. The van der Waals surface area contributed by atoms with E-state index in [4.69, 9.17) is 15.3 Å². The van der Waals surface area contributed by atoms with E-state index in [1.54, 1.807) is 0 Å². The normalized spacial score (nSPS) is 29.3. The molecule has 2 aliphatic heterocycles. The highest BCUT2D eigenvalue weighted by molar-refractivity contribution is 5.36. The molecule has 2 aliphatic rings. The van der Waals surface area contributed by atoms with E-state index in [2.05, 4.69) is 25.7 Å². The van der Waals surface area contributed by atoms with Crippen LogP contribution in [-0.4, -0.2) is 40.3 Å². The summed E-state index contributed by atoms with van der Waals surface area (Å²) in [6, 6.07) is 0.478. The lowest BCUT2D eigenvalue weighted by atomic mass is 9.96.